The highest BCUT2D eigenvalue weighted by atomic mass is 16.5. The van der Waals surface area contributed by atoms with E-state index in [1.54, 1.807) is 0 Å². The Bertz CT molecular complexity index is 249. The Labute approximate surface area is 102 Å². The van der Waals surface area contributed by atoms with E-state index in [9.17, 15) is 9.59 Å². The second-order valence-electron chi connectivity index (χ2n) is 4.28. The zero-order valence-corrected chi connectivity index (χ0v) is 10.8. The van der Waals surface area contributed by atoms with Gasteiger partial charge >= 0.3 is 11.9 Å². The Morgan fingerprint density at radius 3 is 2.06 bits per heavy atom. The smallest absolute Gasteiger partial charge is 0.324 e. The number of carboxylic acids is 1. The van der Waals surface area contributed by atoms with E-state index in [0.717, 1.165) is 25.7 Å². The SMILES string of the molecule is CCCC(CCC)C(=O)O[C@H](C)C(N)C(=O)O. The first-order valence-electron chi connectivity index (χ1n) is 6.12. The highest BCUT2D eigenvalue weighted by molar-refractivity contribution is 5.76. The number of rotatable bonds is 8. The summed E-state index contributed by atoms with van der Waals surface area (Å²) in [6, 6.07) is -1.16. The molecular weight excluding hydrogens is 222 g/mol. The van der Waals surface area contributed by atoms with E-state index >= 15 is 0 Å². The average Bonchev–Trinajstić information content (AvgIpc) is 2.27. The van der Waals surface area contributed by atoms with Gasteiger partial charge in [-0.3, -0.25) is 9.59 Å². The molecule has 0 heterocycles. The van der Waals surface area contributed by atoms with Crippen molar-refractivity contribution in [1.29, 1.82) is 0 Å². The van der Waals surface area contributed by atoms with Gasteiger partial charge in [0.15, 0.2) is 0 Å². The van der Waals surface area contributed by atoms with E-state index in [2.05, 4.69) is 0 Å². The lowest BCUT2D eigenvalue weighted by Crippen LogP contribution is -2.43. The number of carboxylic acid groups (broad SMARTS) is 1. The van der Waals surface area contributed by atoms with E-state index in [1.165, 1.54) is 6.92 Å². The molecule has 5 nitrogen and oxygen atoms in total. The fourth-order valence-corrected chi connectivity index (χ4v) is 1.63. The summed E-state index contributed by atoms with van der Waals surface area (Å²) in [4.78, 5) is 22.4. The number of hydrogen-bond donors (Lipinski definition) is 2. The van der Waals surface area contributed by atoms with Crippen LogP contribution in [0.15, 0.2) is 0 Å². The third-order valence-electron chi connectivity index (χ3n) is 2.70. The van der Waals surface area contributed by atoms with Crippen LogP contribution in [-0.4, -0.2) is 29.2 Å². The van der Waals surface area contributed by atoms with Crippen molar-refractivity contribution in [3.63, 3.8) is 0 Å². The zero-order chi connectivity index (χ0) is 13.4. The van der Waals surface area contributed by atoms with E-state index in [-0.39, 0.29) is 11.9 Å². The number of esters is 1. The molecule has 100 valence electrons. The van der Waals surface area contributed by atoms with Gasteiger partial charge in [0.1, 0.15) is 12.1 Å². The number of nitrogens with two attached hydrogens (primary N) is 1. The average molecular weight is 245 g/mol. The van der Waals surface area contributed by atoms with Gasteiger partial charge in [-0.15, -0.1) is 0 Å². The van der Waals surface area contributed by atoms with Crippen molar-refractivity contribution in [2.24, 2.45) is 11.7 Å². The number of carbonyl (C=O) groups is 2. The molecule has 0 aromatic rings. The molecule has 0 amide bonds. The van der Waals surface area contributed by atoms with Crippen LogP contribution in [0.4, 0.5) is 0 Å². The number of ether oxygens (including phenoxy) is 1. The van der Waals surface area contributed by atoms with Crippen molar-refractivity contribution in [3.8, 4) is 0 Å². The van der Waals surface area contributed by atoms with E-state index in [1.807, 2.05) is 13.8 Å². The minimum Gasteiger partial charge on any atom is -0.480 e. The molecule has 0 saturated carbocycles. The third-order valence-corrected chi connectivity index (χ3v) is 2.70. The molecule has 5 heteroatoms. The van der Waals surface area contributed by atoms with Gasteiger partial charge in [-0.05, 0) is 19.8 Å². The van der Waals surface area contributed by atoms with Gasteiger partial charge in [0, 0.05) is 0 Å². The number of carbonyl (C=O) groups excluding carboxylic acids is 1. The van der Waals surface area contributed by atoms with Crippen LogP contribution in [-0.2, 0) is 14.3 Å². The lowest BCUT2D eigenvalue weighted by molar-refractivity contribution is -0.158. The predicted molar refractivity (Wildman–Crippen MR) is 64.5 cm³/mol. The molecule has 0 radical (unpaired) electrons. The first-order valence-corrected chi connectivity index (χ1v) is 6.12. The van der Waals surface area contributed by atoms with Gasteiger partial charge in [0.2, 0.25) is 0 Å². The van der Waals surface area contributed by atoms with E-state index in [4.69, 9.17) is 15.6 Å². The van der Waals surface area contributed by atoms with Crippen LogP contribution >= 0.6 is 0 Å². The van der Waals surface area contributed by atoms with Gasteiger partial charge in [-0.25, -0.2) is 0 Å². The van der Waals surface area contributed by atoms with Crippen molar-refractivity contribution < 1.29 is 19.4 Å². The molecule has 3 N–H and O–H groups in total. The topological polar surface area (TPSA) is 89.6 Å². The van der Waals surface area contributed by atoms with Crippen LogP contribution in [0.2, 0.25) is 0 Å². The lowest BCUT2D eigenvalue weighted by atomic mass is 9.98. The third kappa shape index (κ3) is 5.68. The Morgan fingerprint density at radius 2 is 1.71 bits per heavy atom. The van der Waals surface area contributed by atoms with Crippen LogP contribution in [0.3, 0.4) is 0 Å². The van der Waals surface area contributed by atoms with Gasteiger partial charge in [-0.2, -0.15) is 0 Å². The molecule has 0 spiro atoms. The molecule has 0 fully saturated rings. The maximum absolute atomic E-state index is 11.8. The lowest BCUT2D eigenvalue weighted by Gasteiger charge is -2.20. The summed E-state index contributed by atoms with van der Waals surface area (Å²) in [7, 11) is 0. The summed E-state index contributed by atoms with van der Waals surface area (Å²) in [5.74, 6) is -1.64. The van der Waals surface area contributed by atoms with Gasteiger partial charge < -0.3 is 15.6 Å². The second kappa shape index (κ2) is 8.06. The first kappa shape index (κ1) is 15.9. The van der Waals surface area contributed by atoms with Crippen LogP contribution in [0.1, 0.15) is 46.5 Å². The van der Waals surface area contributed by atoms with Crippen LogP contribution in [0.5, 0.6) is 0 Å². The molecule has 0 aromatic carbocycles. The number of aliphatic carboxylic acids is 1. The predicted octanol–water partition coefficient (Wildman–Crippen LogP) is 1.55. The molecule has 0 aliphatic heterocycles. The molecule has 0 aliphatic carbocycles. The van der Waals surface area contributed by atoms with E-state index in [0.29, 0.717) is 0 Å². The quantitative estimate of drug-likeness (QED) is 0.633. The largest absolute Gasteiger partial charge is 0.480 e. The van der Waals surface area contributed by atoms with Gasteiger partial charge in [0.25, 0.3) is 0 Å². The van der Waals surface area contributed by atoms with Crippen LogP contribution in [0.25, 0.3) is 0 Å². The molecule has 2 atom stereocenters. The van der Waals surface area contributed by atoms with Gasteiger partial charge in [-0.1, -0.05) is 26.7 Å². The summed E-state index contributed by atoms with van der Waals surface area (Å²) in [5, 5.41) is 8.69. The molecule has 0 saturated heterocycles. The Balaban J connectivity index is 4.33. The maximum Gasteiger partial charge on any atom is 0.324 e. The highest BCUT2D eigenvalue weighted by Crippen LogP contribution is 2.16. The summed E-state index contributed by atoms with van der Waals surface area (Å²) >= 11 is 0. The Morgan fingerprint density at radius 1 is 1.24 bits per heavy atom. The molecule has 0 aliphatic rings. The standard InChI is InChI=1S/C12H23NO4/c1-4-6-9(7-5-2)12(16)17-8(3)10(13)11(14)15/h8-10H,4-7,13H2,1-3H3,(H,14,15)/t8-,10?/m1/s1. The zero-order valence-electron chi connectivity index (χ0n) is 10.8. The Kier molecular flexibility index (Phi) is 7.54. The van der Waals surface area contributed by atoms with Crippen molar-refractivity contribution in [2.75, 3.05) is 0 Å². The minimum atomic E-state index is -1.16. The summed E-state index contributed by atoms with van der Waals surface area (Å²) in [6.07, 6.45) is 2.54. The molecule has 0 rings (SSSR count). The molecular formula is C12H23NO4. The van der Waals surface area contributed by atoms with Crippen molar-refractivity contribution in [2.45, 2.75) is 58.6 Å². The van der Waals surface area contributed by atoms with Gasteiger partial charge in [0.05, 0.1) is 5.92 Å². The van der Waals surface area contributed by atoms with Crippen molar-refractivity contribution in [1.82, 2.24) is 0 Å². The summed E-state index contributed by atoms with van der Waals surface area (Å²) < 4.78 is 5.10. The van der Waals surface area contributed by atoms with E-state index < -0.39 is 18.1 Å². The fraction of sp³-hybridized carbons (Fsp3) is 0.833. The highest BCUT2D eigenvalue weighted by Gasteiger charge is 2.26. The maximum atomic E-state index is 11.8. The fourth-order valence-electron chi connectivity index (χ4n) is 1.63. The van der Waals surface area contributed by atoms with Crippen LogP contribution < -0.4 is 5.73 Å². The van der Waals surface area contributed by atoms with Crippen LogP contribution in [0, 0.1) is 5.92 Å². The number of hydrogen-bond acceptors (Lipinski definition) is 4. The van der Waals surface area contributed by atoms with Crippen molar-refractivity contribution >= 4 is 11.9 Å². The summed E-state index contributed by atoms with van der Waals surface area (Å²) in [5.41, 5.74) is 5.38. The summed E-state index contributed by atoms with van der Waals surface area (Å²) in [6.45, 7) is 5.51. The minimum absolute atomic E-state index is 0.145. The molecule has 0 bridgehead atoms. The first-order chi connectivity index (χ1) is 7.93. The molecule has 0 aromatic heterocycles. The molecule has 1 unspecified atom stereocenters. The normalized spacial score (nSPS) is 14.4. The Hall–Kier alpha value is -1.10. The molecule has 17 heavy (non-hydrogen) atoms. The second-order valence-corrected chi connectivity index (χ2v) is 4.28. The van der Waals surface area contributed by atoms with Crippen molar-refractivity contribution in [3.05, 3.63) is 0 Å². The monoisotopic (exact) mass is 245 g/mol.